The van der Waals surface area contributed by atoms with Gasteiger partial charge in [-0.05, 0) is 25.6 Å². The summed E-state index contributed by atoms with van der Waals surface area (Å²) in [6.45, 7) is 1.82. The Balaban J connectivity index is 3.41. The molecular formula is C12H16FNO3. The predicted molar refractivity (Wildman–Crippen MR) is 62.5 cm³/mol. The topological polar surface area (TPSA) is 47.6 Å². The van der Waals surface area contributed by atoms with Gasteiger partial charge in [-0.15, -0.1) is 0 Å². The van der Waals surface area contributed by atoms with Gasteiger partial charge in [-0.1, -0.05) is 0 Å². The molecule has 0 saturated carbocycles. The minimum absolute atomic E-state index is 0.0439. The summed E-state index contributed by atoms with van der Waals surface area (Å²) in [4.78, 5) is 11.9. The lowest BCUT2D eigenvalue weighted by Gasteiger charge is -2.15. The van der Waals surface area contributed by atoms with Crippen LogP contribution in [0.5, 0.6) is 11.5 Å². The molecule has 1 N–H and O–H groups in total. The fraction of sp³-hybridized carbons (Fsp3) is 0.417. The van der Waals surface area contributed by atoms with Gasteiger partial charge in [-0.3, -0.25) is 4.79 Å². The maximum Gasteiger partial charge on any atom is 0.197 e. The first-order valence-corrected chi connectivity index (χ1v) is 5.15. The van der Waals surface area contributed by atoms with Crippen LogP contribution in [0.3, 0.4) is 0 Å². The fourth-order valence-corrected chi connectivity index (χ4v) is 1.71. The average Bonchev–Trinajstić information content (AvgIpc) is 2.28. The Bertz CT molecular complexity index is 432. The predicted octanol–water partition coefficient (Wildman–Crippen LogP) is 1.55. The van der Waals surface area contributed by atoms with Crippen LogP contribution in [0.1, 0.15) is 15.9 Å². The molecule has 1 aromatic carbocycles. The zero-order chi connectivity index (χ0) is 13.0. The summed E-state index contributed by atoms with van der Waals surface area (Å²) in [5.74, 6) is -0.606. The van der Waals surface area contributed by atoms with Crippen molar-refractivity contribution in [2.75, 3.05) is 27.8 Å². The summed E-state index contributed by atoms with van der Waals surface area (Å²) in [5.41, 5.74) is 0.875. The van der Waals surface area contributed by atoms with Gasteiger partial charge in [0.25, 0.3) is 0 Å². The summed E-state index contributed by atoms with van der Waals surface area (Å²) < 4.78 is 23.6. The number of carbonyl (C=O) groups excluding carboxylic acids is 1. The summed E-state index contributed by atoms with van der Waals surface area (Å²) >= 11 is 0. The van der Waals surface area contributed by atoms with Gasteiger partial charge in [-0.25, -0.2) is 4.39 Å². The third-order valence-electron chi connectivity index (χ3n) is 2.41. The number of hydrogen-bond acceptors (Lipinski definition) is 4. The van der Waals surface area contributed by atoms with Crippen LogP contribution < -0.4 is 14.8 Å². The molecule has 94 valence electrons. The van der Waals surface area contributed by atoms with Gasteiger partial charge in [0, 0.05) is 0 Å². The Morgan fingerprint density at radius 1 is 1.35 bits per heavy atom. The van der Waals surface area contributed by atoms with Gasteiger partial charge >= 0.3 is 0 Å². The normalized spacial score (nSPS) is 10.2. The number of rotatable bonds is 5. The molecule has 0 bridgehead atoms. The Kier molecular flexibility index (Phi) is 4.45. The van der Waals surface area contributed by atoms with Gasteiger partial charge < -0.3 is 14.8 Å². The molecule has 0 radical (unpaired) electrons. The van der Waals surface area contributed by atoms with E-state index in [1.54, 1.807) is 14.0 Å². The largest absolute Gasteiger partial charge is 0.492 e. The highest BCUT2D eigenvalue weighted by Gasteiger charge is 2.22. The number of ketones is 1. The number of Topliss-reactive ketones (excluding diaryl/α,β-unsaturated/α-hetero) is 1. The van der Waals surface area contributed by atoms with Crippen LogP contribution in [0.15, 0.2) is 6.07 Å². The van der Waals surface area contributed by atoms with Crippen molar-refractivity contribution in [3.8, 4) is 11.5 Å². The number of likely N-dealkylation sites (N-methyl/N-ethyl adjacent to an activating group) is 1. The van der Waals surface area contributed by atoms with Crippen molar-refractivity contribution in [3.63, 3.8) is 0 Å². The van der Waals surface area contributed by atoms with E-state index in [0.717, 1.165) is 0 Å². The van der Waals surface area contributed by atoms with Crippen LogP contribution in [-0.2, 0) is 0 Å². The van der Waals surface area contributed by atoms with Crippen molar-refractivity contribution in [2.45, 2.75) is 6.92 Å². The number of hydrogen-bond donors (Lipinski definition) is 1. The Morgan fingerprint density at radius 2 is 1.94 bits per heavy atom. The average molecular weight is 241 g/mol. The number of aryl methyl sites for hydroxylation is 1. The Morgan fingerprint density at radius 3 is 2.41 bits per heavy atom. The molecule has 17 heavy (non-hydrogen) atoms. The van der Waals surface area contributed by atoms with E-state index in [4.69, 9.17) is 9.47 Å². The SMILES string of the molecule is CNCC(=O)c1c(C)cc(F)c(OC)c1OC. The quantitative estimate of drug-likeness (QED) is 0.795. The molecule has 5 heteroatoms. The van der Waals surface area contributed by atoms with Gasteiger partial charge in [-0.2, -0.15) is 0 Å². The minimum Gasteiger partial charge on any atom is -0.492 e. The summed E-state index contributed by atoms with van der Waals surface area (Å²) in [6, 6.07) is 1.27. The minimum atomic E-state index is -0.539. The lowest BCUT2D eigenvalue weighted by Crippen LogP contribution is -2.20. The number of nitrogens with one attached hydrogen (secondary N) is 1. The first-order chi connectivity index (χ1) is 8.06. The van der Waals surface area contributed by atoms with E-state index in [9.17, 15) is 9.18 Å². The summed E-state index contributed by atoms with van der Waals surface area (Å²) in [5, 5.41) is 2.76. The monoisotopic (exact) mass is 241 g/mol. The van der Waals surface area contributed by atoms with Crippen LogP contribution in [0.2, 0.25) is 0 Å². The first kappa shape index (κ1) is 13.4. The molecule has 0 spiro atoms. The standard InChI is InChI=1S/C12H16FNO3/c1-7-5-8(13)11(16-3)12(17-4)10(7)9(15)6-14-2/h5,14H,6H2,1-4H3. The van der Waals surface area contributed by atoms with Gasteiger partial charge in [0.1, 0.15) is 0 Å². The molecule has 1 rings (SSSR count). The number of benzene rings is 1. The molecule has 0 atom stereocenters. The smallest absolute Gasteiger partial charge is 0.197 e. The second kappa shape index (κ2) is 5.63. The van der Waals surface area contributed by atoms with Crippen LogP contribution in [0.25, 0.3) is 0 Å². The molecule has 0 aromatic heterocycles. The van der Waals surface area contributed by atoms with Crippen molar-refractivity contribution < 1.29 is 18.7 Å². The molecule has 0 fully saturated rings. The van der Waals surface area contributed by atoms with Crippen molar-refractivity contribution in [3.05, 3.63) is 23.0 Å². The Labute approximate surface area is 99.7 Å². The summed E-state index contributed by atoms with van der Waals surface area (Å²) in [7, 11) is 4.38. The van der Waals surface area contributed by atoms with Gasteiger partial charge in [0.05, 0.1) is 26.3 Å². The molecule has 0 amide bonds. The lowest BCUT2D eigenvalue weighted by atomic mass is 10.0. The highest BCUT2D eigenvalue weighted by molar-refractivity contribution is 6.02. The third-order valence-corrected chi connectivity index (χ3v) is 2.41. The van der Waals surface area contributed by atoms with E-state index in [1.807, 2.05) is 0 Å². The van der Waals surface area contributed by atoms with Crippen molar-refractivity contribution in [1.29, 1.82) is 0 Å². The van der Waals surface area contributed by atoms with E-state index in [2.05, 4.69) is 5.32 Å². The second-order valence-electron chi connectivity index (χ2n) is 3.57. The molecule has 0 saturated heterocycles. The molecular weight excluding hydrogens is 225 g/mol. The highest BCUT2D eigenvalue weighted by atomic mass is 19.1. The van der Waals surface area contributed by atoms with Crippen LogP contribution in [-0.4, -0.2) is 33.6 Å². The van der Waals surface area contributed by atoms with Crippen LogP contribution >= 0.6 is 0 Å². The van der Waals surface area contributed by atoms with Gasteiger partial charge in [0.15, 0.2) is 23.1 Å². The number of methoxy groups -OCH3 is 2. The van der Waals surface area contributed by atoms with Crippen molar-refractivity contribution >= 4 is 5.78 Å². The second-order valence-corrected chi connectivity index (χ2v) is 3.57. The molecule has 0 aliphatic heterocycles. The number of carbonyl (C=O) groups is 1. The summed E-state index contributed by atoms with van der Waals surface area (Å²) in [6.07, 6.45) is 0. The Hall–Kier alpha value is -1.62. The zero-order valence-corrected chi connectivity index (χ0v) is 10.4. The molecule has 0 aliphatic rings. The third kappa shape index (κ3) is 2.55. The zero-order valence-electron chi connectivity index (χ0n) is 10.4. The van der Waals surface area contributed by atoms with E-state index < -0.39 is 5.82 Å². The number of halogens is 1. The molecule has 4 nitrogen and oxygen atoms in total. The van der Waals surface area contributed by atoms with Crippen LogP contribution in [0, 0.1) is 12.7 Å². The molecule has 0 unspecified atom stereocenters. The van der Waals surface area contributed by atoms with Gasteiger partial charge in [0.2, 0.25) is 0 Å². The van der Waals surface area contributed by atoms with Crippen molar-refractivity contribution in [1.82, 2.24) is 5.32 Å². The maximum atomic E-state index is 13.6. The van der Waals surface area contributed by atoms with Crippen molar-refractivity contribution in [2.24, 2.45) is 0 Å². The van der Waals surface area contributed by atoms with E-state index in [1.165, 1.54) is 20.3 Å². The van der Waals surface area contributed by atoms with E-state index in [0.29, 0.717) is 11.1 Å². The molecule has 0 heterocycles. The highest BCUT2D eigenvalue weighted by Crippen LogP contribution is 2.36. The van der Waals surface area contributed by atoms with E-state index in [-0.39, 0.29) is 23.8 Å². The fourth-order valence-electron chi connectivity index (χ4n) is 1.71. The maximum absolute atomic E-state index is 13.6. The lowest BCUT2D eigenvalue weighted by molar-refractivity contribution is 0.0989. The molecule has 1 aromatic rings. The number of ether oxygens (including phenoxy) is 2. The first-order valence-electron chi connectivity index (χ1n) is 5.15. The molecule has 0 aliphatic carbocycles. The van der Waals surface area contributed by atoms with E-state index >= 15 is 0 Å². The van der Waals surface area contributed by atoms with Crippen LogP contribution in [0.4, 0.5) is 4.39 Å².